The van der Waals surface area contributed by atoms with Crippen LogP contribution in [0.25, 0.3) is 39.5 Å². The number of pyridine rings is 1. The molecule has 0 aliphatic carbocycles. The Bertz CT molecular complexity index is 1320. The monoisotopic (exact) mass is 385 g/mol. The van der Waals surface area contributed by atoms with Gasteiger partial charge in [-0.15, -0.1) is 10.2 Å². The van der Waals surface area contributed by atoms with Crippen LogP contribution in [-0.4, -0.2) is 31.9 Å². The molecule has 3 heterocycles. The highest BCUT2D eigenvalue weighted by atomic mass is 32.1. The number of ether oxygens (including phenoxy) is 1. The van der Waals surface area contributed by atoms with Crippen molar-refractivity contribution in [1.82, 2.24) is 24.8 Å². The molecule has 0 unspecified atom stereocenters. The standard InChI is InChI=1S/C21H15N5OS/c1-27-18-9-5-3-7-15(18)11-13-19-25-26-20(23-24-21(26)28-19)17-12-10-14-6-2-4-8-16(14)22-17/h2-13H,1H3. The topological polar surface area (TPSA) is 65.2 Å². The van der Waals surface area contributed by atoms with Gasteiger partial charge in [0.2, 0.25) is 10.8 Å². The lowest BCUT2D eigenvalue weighted by Crippen LogP contribution is -1.93. The SMILES string of the molecule is COc1ccccc1C=Cc1nn2c(-c3ccc4ccccc4n3)nnc2s1. The minimum Gasteiger partial charge on any atom is -0.496 e. The second-order valence-corrected chi connectivity index (χ2v) is 7.11. The Balaban J connectivity index is 1.52. The molecule has 0 amide bonds. The fraction of sp³-hybridized carbons (Fsp3) is 0.0476. The largest absolute Gasteiger partial charge is 0.496 e. The maximum atomic E-state index is 5.39. The second kappa shape index (κ2) is 6.86. The number of hydrogen-bond donors (Lipinski definition) is 0. The third kappa shape index (κ3) is 2.91. The lowest BCUT2D eigenvalue weighted by atomic mass is 10.2. The van der Waals surface area contributed by atoms with E-state index in [0.29, 0.717) is 5.82 Å². The summed E-state index contributed by atoms with van der Waals surface area (Å²) in [6, 6.07) is 19.8. The molecule has 0 saturated heterocycles. The molecule has 5 aromatic rings. The molecule has 0 radical (unpaired) electrons. The van der Waals surface area contributed by atoms with Crippen LogP contribution in [-0.2, 0) is 0 Å². The third-order valence-electron chi connectivity index (χ3n) is 4.38. The first kappa shape index (κ1) is 16.6. The van der Waals surface area contributed by atoms with Crippen molar-refractivity contribution in [3.63, 3.8) is 0 Å². The molecule has 7 heteroatoms. The van der Waals surface area contributed by atoms with Crippen molar-refractivity contribution in [2.45, 2.75) is 0 Å². The molecule has 6 nitrogen and oxygen atoms in total. The molecular weight excluding hydrogens is 370 g/mol. The van der Waals surface area contributed by atoms with E-state index < -0.39 is 0 Å². The van der Waals surface area contributed by atoms with Crippen molar-refractivity contribution in [1.29, 1.82) is 0 Å². The number of para-hydroxylation sites is 2. The van der Waals surface area contributed by atoms with Gasteiger partial charge in [-0.1, -0.05) is 53.8 Å². The van der Waals surface area contributed by atoms with E-state index in [4.69, 9.17) is 9.72 Å². The van der Waals surface area contributed by atoms with Crippen LogP contribution in [0.1, 0.15) is 10.6 Å². The average molecular weight is 385 g/mol. The van der Waals surface area contributed by atoms with E-state index in [0.717, 1.165) is 37.9 Å². The smallest absolute Gasteiger partial charge is 0.235 e. The van der Waals surface area contributed by atoms with Crippen LogP contribution in [0.5, 0.6) is 5.75 Å². The number of hydrogen-bond acceptors (Lipinski definition) is 6. The maximum Gasteiger partial charge on any atom is 0.235 e. The van der Waals surface area contributed by atoms with Crippen molar-refractivity contribution in [2.24, 2.45) is 0 Å². The summed E-state index contributed by atoms with van der Waals surface area (Å²) in [4.78, 5) is 5.43. The molecule has 5 rings (SSSR count). The zero-order valence-electron chi connectivity index (χ0n) is 15.0. The number of fused-ring (bicyclic) bond motifs is 2. The molecular formula is C21H15N5OS. The average Bonchev–Trinajstić information content (AvgIpc) is 3.32. The van der Waals surface area contributed by atoms with Crippen molar-refractivity contribution in [3.8, 4) is 17.3 Å². The van der Waals surface area contributed by atoms with E-state index in [1.165, 1.54) is 11.3 Å². The van der Waals surface area contributed by atoms with Crippen LogP contribution in [0.2, 0.25) is 0 Å². The van der Waals surface area contributed by atoms with Crippen molar-refractivity contribution in [2.75, 3.05) is 7.11 Å². The lowest BCUT2D eigenvalue weighted by molar-refractivity contribution is 0.414. The van der Waals surface area contributed by atoms with E-state index >= 15 is 0 Å². The van der Waals surface area contributed by atoms with Crippen LogP contribution in [0.4, 0.5) is 0 Å². The van der Waals surface area contributed by atoms with Gasteiger partial charge >= 0.3 is 0 Å². The maximum absolute atomic E-state index is 5.39. The van der Waals surface area contributed by atoms with Gasteiger partial charge in [0.15, 0.2) is 0 Å². The highest BCUT2D eigenvalue weighted by molar-refractivity contribution is 7.17. The normalized spacial score (nSPS) is 11.6. The fourth-order valence-corrected chi connectivity index (χ4v) is 3.76. The van der Waals surface area contributed by atoms with Crippen LogP contribution in [0.15, 0.2) is 60.7 Å². The molecule has 0 N–H and O–H groups in total. The first-order valence-electron chi connectivity index (χ1n) is 8.71. The summed E-state index contributed by atoms with van der Waals surface area (Å²) in [7, 11) is 1.67. The zero-order valence-corrected chi connectivity index (χ0v) is 15.8. The quantitative estimate of drug-likeness (QED) is 0.453. The van der Waals surface area contributed by atoms with Crippen molar-refractivity contribution < 1.29 is 4.74 Å². The molecule has 28 heavy (non-hydrogen) atoms. The molecule has 0 spiro atoms. The van der Waals surface area contributed by atoms with E-state index in [-0.39, 0.29) is 0 Å². The van der Waals surface area contributed by atoms with Gasteiger partial charge < -0.3 is 4.74 Å². The Morgan fingerprint density at radius 2 is 1.79 bits per heavy atom. The third-order valence-corrected chi connectivity index (χ3v) is 5.24. The Hall–Kier alpha value is -3.58. The highest BCUT2D eigenvalue weighted by Crippen LogP contribution is 2.25. The minimum atomic E-state index is 0.633. The van der Waals surface area contributed by atoms with Gasteiger partial charge in [0.05, 0.1) is 12.6 Å². The molecule has 2 aromatic carbocycles. The van der Waals surface area contributed by atoms with E-state index in [1.807, 2.05) is 72.8 Å². The number of rotatable bonds is 4. The molecule has 136 valence electrons. The van der Waals surface area contributed by atoms with Gasteiger partial charge in [0.1, 0.15) is 16.5 Å². The van der Waals surface area contributed by atoms with Gasteiger partial charge in [-0.3, -0.25) is 0 Å². The Morgan fingerprint density at radius 3 is 2.71 bits per heavy atom. The summed E-state index contributed by atoms with van der Waals surface area (Å²) in [5.74, 6) is 1.46. The Labute approximate surface area is 164 Å². The number of nitrogens with zero attached hydrogens (tertiary/aromatic N) is 5. The zero-order chi connectivity index (χ0) is 18.9. The van der Waals surface area contributed by atoms with Crippen molar-refractivity contribution >= 4 is 39.4 Å². The fourth-order valence-electron chi connectivity index (χ4n) is 3.01. The molecule has 0 fully saturated rings. The van der Waals surface area contributed by atoms with Crippen molar-refractivity contribution in [3.05, 3.63) is 71.2 Å². The summed E-state index contributed by atoms with van der Waals surface area (Å²) in [6.45, 7) is 0. The predicted octanol–water partition coefficient (Wildman–Crippen LogP) is 4.58. The molecule has 0 atom stereocenters. The van der Waals surface area contributed by atoms with E-state index in [2.05, 4.69) is 15.3 Å². The molecule has 0 aliphatic heterocycles. The first-order valence-corrected chi connectivity index (χ1v) is 9.53. The van der Waals surface area contributed by atoms with Gasteiger partial charge in [0.25, 0.3) is 0 Å². The number of methoxy groups -OCH3 is 1. The van der Waals surface area contributed by atoms with Gasteiger partial charge in [-0.2, -0.15) is 9.61 Å². The number of aromatic nitrogens is 5. The predicted molar refractivity (Wildman–Crippen MR) is 111 cm³/mol. The van der Waals surface area contributed by atoms with Crippen LogP contribution in [0.3, 0.4) is 0 Å². The minimum absolute atomic E-state index is 0.633. The number of benzene rings is 2. The first-order chi connectivity index (χ1) is 13.8. The second-order valence-electron chi connectivity index (χ2n) is 6.12. The van der Waals surface area contributed by atoms with Crippen LogP contribution < -0.4 is 4.74 Å². The summed E-state index contributed by atoms with van der Waals surface area (Å²) in [5, 5.41) is 15.1. The molecule has 0 bridgehead atoms. The lowest BCUT2D eigenvalue weighted by Gasteiger charge is -2.02. The van der Waals surface area contributed by atoms with Gasteiger partial charge in [-0.05, 0) is 30.4 Å². The summed E-state index contributed by atoms with van der Waals surface area (Å²) < 4.78 is 7.13. The van der Waals surface area contributed by atoms with E-state index in [1.54, 1.807) is 11.6 Å². The van der Waals surface area contributed by atoms with Crippen LogP contribution in [0, 0.1) is 0 Å². The highest BCUT2D eigenvalue weighted by Gasteiger charge is 2.14. The Kier molecular flexibility index (Phi) is 4.06. The molecule has 0 saturated carbocycles. The summed E-state index contributed by atoms with van der Waals surface area (Å²) in [5.41, 5.74) is 2.66. The molecule has 3 aromatic heterocycles. The summed E-state index contributed by atoms with van der Waals surface area (Å²) in [6.07, 6.45) is 3.94. The van der Waals surface area contributed by atoms with Gasteiger partial charge in [-0.25, -0.2) is 4.98 Å². The van der Waals surface area contributed by atoms with E-state index in [9.17, 15) is 0 Å². The summed E-state index contributed by atoms with van der Waals surface area (Å²) >= 11 is 1.47. The Morgan fingerprint density at radius 1 is 0.929 bits per heavy atom. The molecule has 0 aliphatic rings. The van der Waals surface area contributed by atoms with Gasteiger partial charge in [0, 0.05) is 10.9 Å². The van der Waals surface area contributed by atoms with Crippen LogP contribution >= 0.6 is 11.3 Å².